The van der Waals surface area contributed by atoms with Gasteiger partial charge in [-0.1, -0.05) is 36.3 Å². The van der Waals surface area contributed by atoms with E-state index in [0.29, 0.717) is 30.3 Å². The molecule has 20 heavy (non-hydrogen) atoms. The molecule has 0 amide bonds. The normalized spacial score (nSPS) is 12.7. The third-order valence-electron chi connectivity index (χ3n) is 3.24. The molecule has 1 aromatic carbocycles. The van der Waals surface area contributed by atoms with Gasteiger partial charge >= 0.3 is 0 Å². The van der Waals surface area contributed by atoms with Crippen LogP contribution in [0.1, 0.15) is 19.2 Å². The maximum Gasteiger partial charge on any atom is 0.229 e. The topological polar surface area (TPSA) is 72.0 Å². The number of aliphatic hydroxyl groups excluding tert-OH is 1. The van der Waals surface area contributed by atoms with E-state index >= 15 is 0 Å². The van der Waals surface area contributed by atoms with Crippen LogP contribution in [0.5, 0.6) is 0 Å². The van der Waals surface area contributed by atoms with Crippen molar-refractivity contribution in [2.75, 3.05) is 0 Å². The van der Waals surface area contributed by atoms with Crippen LogP contribution in [0.25, 0.3) is 22.3 Å². The van der Waals surface area contributed by atoms with Gasteiger partial charge in [-0.2, -0.15) is 4.98 Å². The van der Waals surface area contributed by atoms with Gasteiger partial charge in [0.1, 0.15) is 5.69 Å². The van der Waals surface area contributed by atoms with Crippen molar-refractivity contribution in [3.05, 3.63) is 42.4 Å². The number of rotatable bonds is 4. The molecule has 2 heterocycles. The Morgan fingerprint density at radius 2 is 2.10 bits per heavy atom. The summed E-state index contributed by atoms with van der Waals surface area (Å²) in [4.78, 5) is 8.66. The molecule has 0 saturated carbocycles. The van der Waals surface area contributed by atoms with Crippen molar-refractivity contribution < 1.29 is 9.63 Å². The lowest BCUT2D eigenvalue weighted by Crippen LogP contribution is -2.08. The van der Waals surface area contributed by atoms with Gasteiger partial charge in [-0.3, -0.25) is 4.98 Å². The van der Waals surface area contributed by atoms with E-state index in [4.69, 9.17) is 4.52 Å². The molecule has 3 aromatic rings. The fraction of sp³-hybridized carbons (Fsp3) is 0.267. The second-order valence-electron chi connectivity index (χ2n) is 4.66. The number of hydrogen-bond acceptors (Lipinski definition) is 5. The average Bonchev–Trinajstić information content (AvgIpc) is 2.94. The van der Waals surface area contributed by atoms with E-state index in [-0.39, 0.29) is 0 Å². The summed E-state index contributed by atoms with van der Waals surface area (Å²) in [5.41, 5.74) is 0.698. The molecule has 102 valence electrons. The second kappa shape index (κ2) is 5.38. The zero-order chi connectivity index (χ0) is 13.9. The molecule has 1 atom stereocenters. The van der Waals surface area contributed by atoms with Crippen LogP contribution in [0.3, 0.4) is 0 Å². The van der Waals surface area contributed by atoms with Crippen molar-refractivity contribution in [1.82, 2.24) is 15.1 Å². The third kappa shape index (κ3) is 2.40. The summed E-state index contributed by atoms with van der Waals surface area (Å²) in [5.74, 6) is 0.893. The summed E-state index contributed by atoms with van der Waals surface area (Å²) in [6, 6.07) is 9.87. The molecule has 3 rings (SSSR count). The number of aliphatic hydroxyl groups is 1. The van der Waals surface area contributed by atoms with Crippen LogP contribution in [0.15, 0.2) is 41.1 Å². The van der Waals surface area contributed by atoms with Crippen LogP contribution >= 0.6 is 0 Å². The zero-order valence-corrected chi connectivity index (χ0v) is 11.2. The molecular formula is C15H15N3O2. The first-order valence-electron chi connectivity index (χ1n) is 6.62. The minimum absolute atomic E-state index is 0.369. The van der Waals surface area contributed by atoms with Gasteiger partial charge in [0.05, 0.1) is 12.5 Å². The molecule has 0 spiro atoms. The van der Waals surface area contributed by atoms with Gasteiger partial charge in [0.15, 0.2) is 0 Å². The third-order valence-corrected chi connectivity index (χ3v) is 3.24. The standard InChI is InChI=1S/C15H15N3O2/c1-2-11(19)9-13-17-15(18-20-13)14-12-6-4-3-5-10(12)7-8-16-14/h3-8,11,19H,2,9H2,1H3. The summed E-state index contributed by atoms with van der Waals surface area (Å²) in [6.45, 7) is 1.91. The summed E-state index contributed by atoms with van der Waals surface area (Å²) >= 11 is 0. The van der Waals surface area contributed by atoms with Crippen LogP contribution < -0.4 is 0 Å². The molecule has 5 nitrogen and oxygen atoms in total. The maximum absolute atomic E-state index is 9.62. The minimum atomic E-state index is -0.455. The lowest BCUT2D eigenvalue weighted by molar-refractivity contribution is 0.158. The van der Waals surface area contributed by atoms with Gasteiger partial charge in [-0.05, 0) is 17.9 Å². The Morgan fingerprint density at radius 3 is 2.95 bits per heavy atom. The molecule has 1 N–H and O–H groups in total. The molecule has 2 aromatic heterocycles. The van der Waals surface area contributed by atoms with Crippen molar-refractivity contribution in [1.29, 1.82) is 0 Å². The summed E-state index contributed by atoms with van der Waals surface area (Å²) < 4.78 is 5.18. The fourth-order valence-electron chi connectivity index (χ4n) is 2.08. The van der Waals surface area contributed by atoms with E-state index in [1.807, 2.05) is 37.3 Å². The molecular weight excluding hydrogens is 254 g/mol. The molecule has 0 saturated heterocycles. The SMILES string of the molecule is CCC(O)Cc1nc(-c2nccc3ccccc23)no1. The number of pyridine rings is 1. The Labute approximate surface area is 116 Å². The van der Waals surface area contributed by atoms with Gasteiger partial charge in [0.25, 0.3) is 0 Å². The molecule has 0 aliphatic carbocycles. The van der Waals surface area contributed by atoms with Crippen molar-refractivity contribution in [3.8, 4) is 11.5 Å². The summed E-state index contributed by atoms with van der Waals surface area (Å²) in [6.07, 6.45) is 2.30. The monoisotopic (exact) mass is 269 g/mol. The number of benzene rings is 1. The van der Waals surface area contributed by atoms with E-state index in [1.165, 1.54) is 0 Å². The highest BCUT2D eigenvalue weighted by Gasteiger charge is 2.14. The molecule has 0 fully saturated rings. The van der Waals surface area contributed by atoms with Crippen LogP contribution in [-0.2, 0) is 6.42 Å². The first-order chi connectivity index (χ1) is 9.78. The average molecular weight is 269 g/mol. The Morgan fingerprint density at radius 1 is 1.25 bits per heavy atom. The maximum atomic E-state index is 9.62. The molecule has 1 unspecified atom stereocenters. The predicted molar refractivity (Wildman–Crippen MR) is 75.0 cm³/mol. The highest BCUT2D eigenvalue weighted by molar-refractivity contribution is 5.92. The lowest BCUT2D eigenvalue weighted by atomic mass is 10.1. The van der Waals surface area contributed by atoms with Crippen LogP contribution in [0.4, 0.5) is 0 Å². The Balaban J connectivity index is 1.99. The smallest absolute Gasteiger partial charge is 0.229 e. The first kappa shape index (κ1) is 12.7. The summed E-state index contributed by atoms with van der Waals surface area (Å²) in [7, 11) is 0. The Kier molecular flexibility index (Phi) is 3.43. The van der Waals surface area contributed by atoms with Crippen molar-refractivity contribution in [3.63, 3.8) is 0 Å². The van der Waals surface area contributed by atoms with E-state index in [0.717, 1.165) is 10.8 Å². The highest BCUT2D eigenvalue weighted by atomic mass is 16.5. The van der Waals surface area contributed by atoms with Crippen molar-refractivity contribution in [2.24, 2.45) is 0 Å². The van der Waals surface area contributed by atoms with Crippen LogP contribution in [-0.4, -0.2) is 26.3 Å². The minimum Gasteiger partial charge on any atom is -0.393 e. The quantitative estimate of drug-likeness (QED) is 0.788. The number of hydrogen-bond donors (Lipinski definition) is 1. The number of aromatic nitrogens is 3. The van der Waals surface area contributed by atoms with E-state index < -0.39 is 6.10 Å². The molecule has 0 aliphatic rings. The number of nitrogens with zero attached hydrogens (tertiary/aromatic N) is 3. The van der Waals surface area contributed by atoms with Gasteiger partial charge in [0, 0.05) is 11.6 Å². The van der Waals surface area contributed by atoms with E-state index in [2.05, 4.69) is 15.1 Å². The van der Waals surface area contributed by atoms with E-state index in [1.54, 1.807) is 6.20 Å². The van der Waals surface area contributed by atoms with Crippen LogP contribution in [0, 0.1) is 0 Å². The molecule has 0 bridgehead atoms. The highest BCUT2D eigenvalue weighted by Crippen LogP contribution is 2.24. The van der Waals surface area contributed by atoms with Crippen molar-refractivity contribution >= 4 is 10.8 Å². The Bertz CT molecular complexity index is 718. The fourth-order valence-corrected chi connectivity index (χ4v) is 2.08. The predicted octanol–water partition coefficient (Wildman–Crippen LogP) is 2.60. The van der Waals surface area contributed by atoms with Gasteiger partial charge in [0.2, 0.25) is 11.7 Å². The van der Waals surface area contributed by atoms with Crippen molar-refractivity contribution in [2.45, 2.75) is 25.9 Å². The second-order valence-corrected chi connectivity index (χ2v) is 4.66. The van der Waals surface area contributed by atoms with E-state index in [9.17, 15) is 5.11 Å². The summed E-state index contributed by atoms with van der Waals surface area (Å²) in [5, 5.41) is 15.6. The zero-order valence-electron chi connectivity index (χ0n) is 11.2. The largest absolute Gasteiger partial charge is 0.393 e. The molecule has 0 aliphatic heterocycles. The first-order valence-corrected chi connectivity index (χ1v) is 6.62. The molecule has 0 radical (unpaired) electrons. The van der Waals surface area contributed by atoms with Gasteiger partial charge in [-0.15, -0.1) is 0 Å². The van der Waals surface area contributed by atoms with Crippen LogP contribution in [0.2, 0.25) is 0 Å². The molecule has 5 heteroatoms. The van der Waals surface area contributed by atoms with Gasteiger partial charge in [-0.25, -0.2) is 0 Å². The number of fused-ring (bicyclic) bond motifs is 1. The lowest BCUT2D eigenvalue weighted by Gasteiger charge is -2.02. The van der Waals surface area contributed by atoms with Gasteiger partial charge < -0.3 is 9.63 Å². The Hall–Kier alpha value is -2.27.